The zero-order valence-corrected chi connectivity index (χ0v) is 9.23. The van der Waals surface area contributed by atoms with Crippen LogP contribution >= 0.6 is 0 Å². The summed E-state index contributed by atoms with van der Waals surface area (Å²) in [6.07, 6.45) is 3.99. The Hall–Kier alpha value is -1.09. The summed E-state index contributed by atoms with van der Waals surface area (Å²) in [6, 6.07) is 1.94. The molecule has 2 rings (SSSR count). The zero-order chi connectivity index (χ0) is 10.8. The van der Waals surface area contributed by atoms with Crippen LogP contribution in [0, 0.1) is 5.95 Å². The second-order valence-corrected chi connectivity index (χ2v) is 3.94. The van der Waals surface area contributed by atoms with Crippen molar-refractivity contribution < 1.29 is 4.39 Å². The van der Waals surface area contributed by atoms with Crippen molar-refractivity contribution in [1.29, 1.82) is 0 Å². The highest BCUT2D eigenvalue weighted by Crippen LogP contribution is 2.26. The molecule has 0 radical (unpaired) electrons. The maximum absolute atomic E-state index is 13.0. The summed E-state index contributed by atoms with van der Waals surface area (Å²) < 4.78 is 13.0. The van der Waals surface area contributed by atoms with E-state index in [1.54, 1.807) is 6.07 Å². The maximum atomic E-state index is 13.0. The van der Waals surface area contributed by atoms with E-state index in [-0.39, 0.29) is 5.95 Å². The largest absolute Gasteiger partial charge is 0.335 e. The van der Waals surface area contributed by atoms with Gasteiger partial charge in [0.15, 0.2) is 5.95 Å². The first-order chi connectivity index (χ1) is 7.24. The standard InChI is InChI=1S/C12H17FN2/c1-3-8-5-9-6-12(13)15-11(9)7-10(8)14-4-2/h5-6,10,14-15H,3-4,7H2,1-2H3. The predicted molar refractivity (Wildman–Crippen MR) is 60.2 cm³/mol. The lowest BCUT2D eigenvalue weighted by Gasteiger charge is -2.24. The molecule has 1 aromatic rings. The lowest BCUT2D eigenvalue weighted by Crippen LogP contribution is -2.34. The zero-order valence-electron chi connectivity index (χ0n) is 9.23. The summed E-state index contributed by atoms with van der Waals surface area (Å²) in [6.45, 7) is 5.18. The molecule has 1 unspecified atom stereocenters. The van der Waals surface area contributed by atoms with Crippen LogP contribution in [0.25, 0.3) is 6.08 Å². The molecule has 15 heavy (non-hydrogen) atoms. The Kier molecular flexibility index (Phi) is 2.91. The van der Waals surface area contributed by atoms with E-state index in [0.29, 0.717) is 6.04 Å². The van der Waals surface area contributed by atoms with Crippen molar-refractivity contribution >= 4 is 6.08 Å². The van der Waals surface area contributed by atoms with Gasteiger partial charge in [-0.2, -0.15) is 4.39 Å². The van der Waals surface area contributed by atoms with Crippen LogP contribution in [0.5, 0.6) is 0 Å². The van der Waals surface area contributed by atoms with Crippen LogP contribution in [0.4, 0.5) is 4.39 Å². The van der Waals surface area contributed by atoms with Crippen molar-refractivity contribution in [2.45, 2.75) is 32.7 Å². The van der Waals surface area contributed by atoms with Crippen LogP contribution < -0.4 is 5.32 Å². The van der Waals surface area contributed by atoms with Gasteiger partial charge in [-0.25, -0.2) is 0 Å². The van der Waals surface area contributed by atoms with Crippen molar-refractivity contribution in [3.05, 3.63) is 28.8 Å². The van der Waals surface area contributed by atoms with Crippen LogP contribution in [0.15, 0.2) is 11.6 Å². The third-order valence-electron chi connectivity index (χ3n) is 2.96. The quantitative estimate of drug-likeness (QED) is 0.784. The average Bonchev–Trinajstić information content (AvgIpc) is 2.56. The minimum Gasteiger partial charge on any atom is -0.335 e. The fourth-order valence-electron chi connectivity index (χ4n) is 2.21. The molecule has 0 aromatic carbocycles. The van der Waals surface area contributed by atoms with Crippen LogP contribution in [0.3, 0.4) is 0 Å². The molecular formula is C12H17FN2. The highest BCUT2D eigenvalue weighted by Gasteiger charge is 2.21. The van der Waals surface area contributed by atoms with Gasteiger partial charge in [0.25, 0.3) is 0 Å². The maximum Gasteiger partial charge on any atom is 0.191 e. The number of fused-ring (bicyclic) bond motifs is 1. The van der Waals surface area contributed by atoms with Crippen molar-refractivity contribution in [1.82, 2.24) is 10.3 Å². The molecule has 1 aliphatic carbocycles. The number of halogens is 1. The molecule has 0 saturated carbocycles. The molecule has 0 bridgehead atoms. The topological polar surface area (TPSA) is 27.8 Å². The molecule has 0 spiro atoms. The van der Waals surface area contributed by atoms with Crippen molar-refractivity contribution in [2.75, 3.05) is 6.54 Å². The molecule has 0 amide bonds. The molecule has 0 saturated heterocycles. The fraction of sp³-hybridized carbons (Fsp3) is 0.500. The number of rotatable bonds is 3. The van der Waals surface area contributed by atoms with E-state index in [4.69, 9.17) is 0 Å². The fourth-order valence-corrected chi connectivity index (χ4v) is 2.21. The first-order valence-electron chi connectivity index (χ1n) is 5.55. The molecule has 1 atom stereocenters. The number of nitrogens with one attached hydrogen (secondary N) is 2. The molecule has 0 fully saturated rings. The first-order valence-corrected chi connectivity index (χ1v) is 5.55. The molecule has 1 aromatic heterocycles. The monoisotopic (exact) mass is 208 g/mol. The Morgan fingerprint density at radius 3 is 3.00 bits per heavy atom. The Morgan fingerprint density at radius 2 is 2.33 bits per heavy atom. The van der Waals surface area contributed by atoms with Gasteiger partial charge in [0.1, 0.15) is 0 Å². The normalized spacial score (nSPS) is 19.9. The van der Waals surface area contributed by atoms with Crippen molar-refractivity contribution in [3.8, 4) is 0 Å². The Balaban J connectivity index is 2.29. The van der Waals surface area contributed by atoms with Crippen LogP contribution in [0.2, 0.25) is 0 Å². The number of hydrogen-bond donors (Lipinski definition) is 2. The summed E-state index contributed by atoms with van der Waals surface area (Å²) in [5, 5.41) is 3.42. The van der Waals surface area contributed by atoms with Gasteiger partial charge in [0, 0.05) is 24.2 Å². The number of aromatic amines is 1. The molecule has 2 N–H and O–H groups in total. The number of H-pyrrole nitrogens is 1. The Bertz CT molecular complexity index is 379. The molecule has 82 valence electrons. The highest BCUT2D eigenvalue weighted by atomic mass is 19.1. The van der Waals surface area contributed by atoms with E-state index in [1.807, 2.05) is 0 Å². The minimum absolute atomic E-state index is 0.233. The average molecular weight is 208 g/mol. The van der Waals surface area contributed by atoms with Gasteiger partial charge >= 0.3 is 0 Å². The van der Waals surface area contributed by atoms with Gasteiger partial charge in [-0.1, -0.05) is 25.5 Å². The van der Waals surface area contributed by atoms with Gasteiger partial charge in [0.05, 0.1) is 0 Å². The second-order valence-electron chi connectivity index (χ2n) is 3.94. The lowest BCUT2D eigenvalue weighted by molar-refractivity contribution is 0.554. The van der Waals surface area contributed by atoms with Crippen LogP contribution in [0.1, 0.15) is 31.5 Å². The third kappa shape index (κ3) is 1.97. The van der Waals surface area contributed by atoms with E-state index in [2.05, 4.69) is 30.2 Å². The third-order valence-corrected chi connectivity index (χ3v) is 2.96. The van der Waals surface area contributed by atoms with E-state index < -0.39 is 0 Å². The smallest absolute Gasteiger partial charge is 0.191 e. The molecular weight excluding hydrogens is 191 g/mol. The molecule has 1 heterocycles. The number of likely N-dealkylation sites (N-methyl/N-ethyl adjacent to an activating group) is 1. The minimum atomic E-state index is -0.233. The van der Waals surface area contributed by atoms with E-state index in [1.165, 1.54) is 5.57 Å². The predicted octanol–water partition coefficient (Wildman–Crippen LogP) is 2.48. The summed E-state index contributed by atoms with van der Waals surface area (Å²) in [7, 11) is 0. The molecule has 1 aliphatic rings. The molecule has 3 heteroatoms. The van der Waals surface area contributed by atoms with Gasteiger partial charge in [-0.15, -0.1) is 0 Å². The molecule has 2 nitrogen and oxygen atoms in total. The molecule has 0 aliphatic heterocycles. The van der Waals surface area contributed by atoms with Crippen LogP contribution in [-0.4, -0.2) is 17.6 Å². The van der Waals surface area contributed by atoms with E-state index in [9.17, 15) is 4.39 Å². The van der Waals surface area contributed by atoms with Crippen LogP contribution in [-0.2, 0) is 6.42 Å². The SMILES string of the molecule is CCNC1Cc2[nH]c(F)cc2C=C1CC. The number of hydrogen-bond acceptors (Lipinski definition) is 1. The summed E-state index contributed by atoms with van der Waals surface area (Å²) in [4.78, 5) is 2.78. The second kappa shape index (κ2) is 4.19. The van der Waals surface area contributed by atoms with E-state index in [0.717, 1.165) is 30.6 Å². The van der Waals surface area contributed by atoms with E-state index >= 15 is 0 Å². The highest BCUT2D eigenvalue weighted by molar-refractivity contribution is 5.60. The summed E-state index contributed by atoms with van der Waals surface area (Å²) >= 11 is 0. The van der Waals surface area contributed by atoms with Crippen molar-refractivity contribution in [2.24, 2.45) is 0 Å². The summed E-state index contributed by atoms with van der Waals surface area (Å²) in [5.74, 6) is -0.233. The van der Waals surface area contributed by atoms with Crippen molar-refractivity contribution in [3.63, 3.8) is 0 Å². The van der Waals surface area contributed by atoms with Gasteiger partial charge in [-0.3, -0.25) is 0 Å². The van der Waals surface area contributed by atoms with Gasteiger partial charge < -0.3 is 10.3 Å². The summed E-state index contributed by atoms with van der Waals surface area (Å²) in [5.41, 5.74) is 3.39. The first kappa shape index (κ1) is 10.4. The van der Waals surface area contributed by atoms with Gasteiger partial charge in [-0.05, 0) is 18.5 Å². The Labute approximate surface area is 89.6 Å². The number of aromatic nitrogens is 1. The Morgan fingerprint density at radius 1 is 1.53 bits per heavy atom. The van der Waals surface area contributed by atoms with Gasteiger partial charge in [0.2, 0.25) is 0 Å². The lowest BCUT2D eigenvalue weighted by atomic mass is 9.91.